The van der Waals surface area contributed by atoms with E-state index < -0.39 is 28.0 Å². The zero-order valence-corrected chi connectivity index (χ0v) is 18.8. The van der Waals surface area contributed by atoms with Crippen molar-refractivity contribution in [1.29, 1.82) is 0 Å². The highest BCUT2D eigenvalue weighted by atomic mass is 35.5. The van der Waals surface area contributed by atoms with Crippen LogP contribution in [0.25, 0.3) is 0 Å². The van der Waals surface area contributed by atoms with Crippen LogP contribution in [0.3, 0.4) is 0 Å². The molecule has 0 saturated carbocycles. The summed E-state index contributed by atoms with van der Waals surface area (Å²) in [4.78, 5) is 28.5. The molecule has 0 spiro atoms. The van der Waals surface area contributed by atoms with Crippen LogP contribution >= 0.6 is 11.6 Å². The third kappa shape index (κ3) is 5.43. The van der Waals surface area contributed by atoms with Gasteiger partial charge in [0.15, 0.2) is 6.10 Å². The number of carbonyl (C=O) groups is 2. The van der Waals surface area contributed by atoms with E-state index in [0.29, 0.717) is 10.7 Å². The van der Waals surface area contributed by atoms with Gasteiger partial charge in [-0.05, 0) is 55.5 Å². The van der Waals surface area contributed by atoms with Crippen LogP contribution in [0.1, 0.15) is 17.3 Å². The van der Waals surface area contributed by atoms with Crippen LogP contribution in [0.5, 0.6) is 0 Å². The van der Waals surface area contributed by atoms with Gasteiger partial charge in [0, 0.05) is 13.2 Å². The van der Waals surface area contributed by atoms with Gasteiger partial charge in [0.05, 0.1) is 21.2 Å². The zero-order chi connectivity index (χ0) is 23.3. The summed E-state index contributed by atoms with van der Waals surface area (Å²) in [6, 6.07) is 17.0. The van der Waals surface area contributed by atoms with Gasteiger partial charge >= 0.3 is 5.97 Å². The number of amides is 1. The molecular weight excluding hydrogens is 454 g/mol. The lowest BCUT2D eigenvalue weighted by atomic mass is 10.2. The van der Waals surface area contributed by atoms with Gasteiger partial charge in [0.25, 0.3) is 15.9 Å². The Labute approximate surface area is 190 Å². The van der Waals surface area contributed by atoms with E-state index in [2.05, 4.69) is 10.3 Å². The number of nitrogens with zero attached hydrogens (tertiary/aromatic N) is 2. The van der Waals surface area contributed by atoms with E-state index in [1.165, 1.54) is 50.5 Å². The van der Waals surface area contributed by atoms with Crippen molar-refractivity contribution in [3.63, 3.8) is 0 Å². The Morgan fingerprint density at radius 1 is 1.03 bits per heavy atom. The second kappa shape index (κ2) is 9.80. The van der Waals surface area contributed by atoms with E-state index in [1.807, 2.05) is 0 Å². The van der Waals surface area contributed by atoms with Gasteiger partial charge in [-0.1, -0.05) is 29.8 Å². The van der Waals surface area contributed by atoms with Crippen molar-refractivity contribution in [2.24, 2.45) is 0 Å². The van der Waals surface area contributed by atoms with Crippen molar-refractivity contribution >= 4 is 45.0 Å². The molecule has 166 valence electrons. The molecule has 3 rings (SSSR count). The molecule has 8 nitrogen and oxygen atoms in total. The third-order valence-corrected chi connectivity index (χ3v) is 6.52. The molecule has 0 saturated heterocycles. The molecule has 10 heteroatoms. The van der Waals surface area contributed by atoms with Gasteiger partial charge in [-0.15, -0.1) is 0 Å². The standard InChI is InChI=1S/C22H20ClN3O5S/c1-15(21(27)25-20-13-10-17(23)14-24-20)31-22(28)16-8-11-19(12-9-16)32(29,30)26(2)18-6-4-3-5-7-18/h3-15H,1-2H3,(H,24,25,27). The number of para-hydroxylation sites is 1. The fraction of sp³-hybridized carbons (Fsp3) is 0.136. The smallest absolute Gasteiger partial charge is 0.338 e. The fourth-order valence-corrected chi connectivity index (χ4v) is 3.96. The van der Waals surface area contributed by atoms with Crippen LogP contribution < -0.4 is 9.62 Å². The van der Waals surface area contributed by atoms with Gasteiger partial charge in [-0.2, -0.15) is 0 Å². The predicted octanol–water partition coefficient (Wildman–Crippen LogP) is 3.74. The lowest BCUT2D eigenvalue weighted by Crippen LogP contribution is -2.30. The van der Waals surface area contributed by atoms with E-state index in [-0.39, 0.29) is 16.3 Å². The van der Waals surface area contributed by atoms with Gasteiger partial charge in [0.1, 0.15) is 5.82 Å². The van der Waals surface area contributed by atoms with Crippen LogP contribution in [0, 0.1) is 0 Å². The average Bonchev–Trinajstić information content (AvgIpc) is 2.80. The number of pyridine rings is 1. The van der Waals surface area contributed by atoms with E-state index >= 15 is 0 Å². The van der Waals surface area contributed by atoms with Gasteiger partial charge < -0.3 is 10.1 Å². The predicted molar refractivity (Wildman–Crippen MR) is 121 cm³/mol. The third-order valence-electron chi connectivity index (χ3n) is 4.50. The SMILES string of the molecule is CC(OC(=O)c1ccc(S(=O)(=O)N(C)c2ccccc2)cc1)C(=O)Nc1ccc(Cl)cn1. The molecule has 1 unspecified atom stereocenters. The number of hydrogen-bond donors (Lipinski definition) is 1. The molecule has 1 heterocycles. The van der Waals surface area contributed by atoms with E-state index in [1.54, 1.807) is 36.4 Å². The van der Waals surface area contributed by atoms with Crippen molar-refractivity contribution in [3.8, 4) is 0 Å². The number of nitrogens with one attached hydrogen (secondary N) is 1. The lowest BCUT2D eigenvalue weighted by molar-refractivity contribution is -0.123. The number of anilines is 2. The number of sulfonamides is 1. The molecule has 0 aliphatic carbocycles. The van der Waals surface area contributed by atoms with Gasteiger partial charge in [0.2, 0.25) is 0 Å². The molecule has 1 amide bonds. The maximum absolute atomic E-state index is 12.8. The molecule has 2 aromatic carbocycles. The van der Waals surface area contributed by atoms with Crippen molar-refractivity contribution in [2.45, 2.75) is 17.9 Å². The van der Waals surface area contributed by atoms with Crippen LogP contribution in [-0.2, 0) is 19.6 Å². The number of ether oxygens (including phenoxy) is 1. The second-order valence-corrected chi connectivity index (χ2v) is 9.14. The molecule has 0 aliphatic rings. The fourth-order valence-electron chi connectivity index (χ4n) is 2.66. The average molecular weight is 474 g/mol. The van der Waals surface area contributed by atoms with Crippen LogP contribution in [0.2, 0.25) is 5.02 Å². The summed E-state index contributed by atoms with van der Waals surface area (Å²) in [7, 11) is -2.36. The highest BCUT2D eigenvalue weighted by Gasteiger charge is 2.23. The normalized spacial score (nSPS) is 12.0. The lowest BCUT2D eigenvalue weighted by Gasteiger charge is -2.19. The number of esters is 1. The molecule has 0 radical (unpaired) electrons. The molecule has 0 fully saturated rings. The first kappa shape index (κ1) is 23.2. The van der Waals surface area contributed by atoms with Crippen LogP contribution in [-0.4, -0.2) is 38.4 Å². The van der Waals surface area contributed by atoms with Gasteiger partial charge in [-0.25, -0.2) is 18.2 Å². The van der Waals surface area contributed by atoms with Crippen LogP contribution in [0.15, 0.2) is 77.8 Å². The first-order chi connectivity index (χ1) is 15.2. The first-order valence-electron chi connectivity index (χ1n) is 9.46. The summed E-state index contributed by atoms with van der Waals surface area (Å²) in [6.45, 7) is 1.41. The molecule has 1 N–H and O–H groups in total. The highest BCUT2D eigenvalue weighted by Crippen LogP contribution is 2.22. The minimum absolute atomic E-state index is 0.0139. The molecule has 32 heavy (non-hydrogen) atoms. The summed E-state index contributed by atoms with van der Waals surface area (Å²) in [6.07, 6.45) is 0.270. The maximum Gasteiger partial charge on any atom is 0.338 e. The zero-order valence-electron chi connectivity index (χ0n) is 17.2. The Balaban J connectivity index is 1.65. The largest absolute Gasteiger partial charge is 0.449 e. The Hall–Kier alpha value is -3.43. The van der Waals surface area contributed by atoms with Crippen molar-refractivity contribution in [1.82, 2.24) is 4.98 Å². The Bertz CT molecular complexity index is 1200. The molecule has 1 aromatic heterocycles. The number of hydrogen-bond acceptors (Lipinski definition) is 6. The Morgan fingerprint density at radius 3 is 2.28 bits per heavy atom. The Kier molecular flexibility index (Phi) is 7.12. The van der Waals surface area contributed by atoms with E-state index in [9.17, 15) is 18.0 Å². The van der Waals surface area contributed by atoms with Crippen LogP contribution in [0.4, 0.5) is 11.5 Å². The monoisotopic (exact) mass is 473 g/mol. The highest BCUT2D eigenvalue weighted by molar-refractivity contribution is 7.92. The van der Waals surface area contributed by atoms with E-state index in [4.69, 9.17) is 16.3 Å². The number of carbonyl (C=O) groups excluding carboxylic acids is 2. The summed E-state index contributed by atoms with van der Waals surface area (Å²) in [5.74, 6) is -1.08. The Morgan fingerprint density at radius 2 is 1.69 bits per heavy atom. The number of halogens is 1. The van der Waals surface area contributed by atoms with Gasteiger partial charge in [-0.3, -0.25) is 9.10 Å². The number of aromatic nitrogens is 1. The molecule has 0 aliphatic heterocycles. The first-order valence-corrected chi connectivity index (χ1v) is 11.3. The summed E-state index contributed by atoms with van der Waals surface area (Å²) in [5.41, 5.74) is 0.613. The minimum atomic E-state index is -3.81. The molecule has 0 bridgehead atoms. The molecule has 1 atom stereocenters. The van der Waals surface area contributed by atoms with Crippen molar-refractivity contribution in [2.75, 3.05) is 16.7 Å². The molecule has 3 aromatic rings. The second-order valence-electron chi connectivity index (χ2n) is 6.73. The number of benzene rings is 2. The van der Waals surface area contributed by atoms with Crippen molar-refractivity contribution < 1.29 is 22.7 Å². The topological polar surface area (TPSA) is 106 Å². The van der Waals surface area contributed by atoms with E-state index in [0.717, 1.165) is 4.31 Å². The molecular formula is C22H20ClN3O5S. The summed E-state index contributed by atoms with van der Waals surface area (Å²) in [5, 5.41) is 2.93. The minimum Gasteiger partial charge on any atom is -0.449 e. The number of rotatable bonds is 7. The quantitative estimate of drug-likeness (QED) is 0.524. The summed E-state index contributed by atoms with van der Waals surface area (Å²) >= 11 is 5.75. The summed E-state index contributed by atoms with van der Waals surface area (Å²) < 4.78 is 32.0. The van der Waals surface area contributed by atoms with Crippen molar-refractivity contribution in [3.05, 3.63) is 83.5 Å². The maximum atomic E-state index is 12.8.